The predicted molar refractivity (Wildman–Crippen MR) is 108 cm³/mol. The topological polar surface area (TPSA) is 61.4 Å². The molecule has 1 atom stereocenters. The summed E-state index contributed by atoms with van der Waals surface area (Å²) < 4.78 is 0. The number of carbonyl (C=O) groups excluding carboxylic acids is 2. The minimum atomic E-state index is -0.317. The number of halogens is 1. The van der Waals surface area contributed by atoms with Crippen LogP contribution in [0.1, 0.15) is 6.42 Å². The number of carbonyl (C=O) groups is 2. The minimum Gasteiger partial charge on any atom is -0.333 e. The first kappa shape index (κ1) is 17.4. The van der Waals surface area contributed by atoms with Gasteiger partial charge in [0.05, 0.1) is 11.7 Å². The molecule has 5 nitrogen and oxygen atoms in total. The van der Waals surface area contributed by atoms with E-state index in [9.17, 15) is 9.59 Å². The summed E-state index contributed by atoms with van der Waals surface area (Å²) in [5.74, 6) is -0.0206. The molecule has 4 rings (SSSR count). The maximum absolute atomic E-state index is 12.4. The number of hydrogen-bond donors (Lipinski definition) is 2. The van der Waals surface area contributed by atoms with E-state index < -0.39 is 0 Å². The van der Waals surface area contributed by atoms with Gasteiger partial charge in [-0.1, -0.05) is 48.0 Å². The molecule has 27 heavy (non-hydrogen) atoms. The van der Waals surface area contributed by atoms with E-state index in [1.54, 1.807) is 29.2 Å². The number of urea groups is 1. The summed E-state index contributed by atoms with van der Waals surface area (Å²) in [4.78, 5) is 26.4. The van der Waals surface area contributed by atoms with Crippen molar-refractivity contribution in [2.45, 2.75) is 12.5 Å². The summed E-state index contributed by atoms with van der Waals surface area (Å²) in [6.45, 7) is 0.434. The Bertz CT molecular complexity index is 998. The maximum Gasteiger partial charge on any atom is 0.319 e. The molecule has 0 bridgehead atoms. The van der Waals surface area contributed by atoms with Crippen LogP contribution in [0.4, 0.5) is 16.2 Å². The molecule has 0 aliphatic carbocycles. The Morgan fingerprint density at radius 3 is 2.56 bits per heavy atom. The van der Waals surface area contributed by atoms with Crippen LogP contribution in [0.15, 0.2) is 66.7 Å². The van der Waals surface area contributed by atoms with E-state index in [2.05, 4.69) is 10.6 Å². The molecule has 2 N–H and O–H groups in total. The van der Waals surface area contributed by atoms with Crippen molar-refractivity contribution < 1.29 is 9.59 Å². The Hall–Kier alpha value is -3.05. The molecule has 0 saturated carbocycles. The second-order valence-electron chi connectivity index (χ2n) is 6.51. The van der Waals surface area contributed by atoms with Crippen molar-refractivity contribution in [1.82, 2.24) is 5.32 Å². The van der Waals surface area contributed by atoms with Gasteiger partial charge in [-0.25, -0.2) is 4.79 Å². The van der Waals surface area contributed by atoms with Gasteiger partial charge < -0.3 is 15.5 Å². The van der Waals surface area contributed by atoms with E-state index in [-0.39, 0.29) is 24.4 Å². The fourth-order valence-electron chi connectivity index (χ4n) is 3.35. The molecule has 3 aromatic carbocycles. The average molecular weight is 380 g/mol. The highest BCUT2D eigenvalue weighted by atomic mass is 35.5. The Morgan fingerprint density at radius 1 is 1.00 bits per heavy atom. The average Bonchev–Trinajstić information content (AvgIpc) is 3.02. The molecule has 1 heterocycles. The highest BCUT2D eigenvalue weighted by molar-refractivity contribution is 6.30. The van der Waals surface area contributed by atoms with E-state index in [4.69, 9.17) is 11.6 Å². The first-order valence-electron chi connectivity index (χ1n) is 8.71. The SMILES string of the molecule is O=C(Nc1cccc2ccccc12)NC1CC(=O)N(c2ccc(Cl)cc2)C1. The largest absolute Gasteiger partial charge is 0.333 e. The monoisotopic (exact) mass is 379 g/mol. The number of rotatable bonds is 3. The molecular formula is C21H18ClN3O2. The molecule has 0 radical (unpaired) electrons. The molecular weight excluding hydrogens is 362 g/mol. The zero-order valence-corrected chi connectivity index (χ0v) is 15.2. The first-order chi connectivity index (χ1) is 13.1. The van der Waals surface area contributed by atoms with Gasteiger partial charge in [-0.15, -0.1) is 0 Å². The van der Waals surface area contributed by atoms with E-state index in [0.717, 1.165) is 22.1 Å². The molecule has 6 heteroatoms. The fourth-order valence-corrected chi connectivity index (χ4v) is 3.48. The maximum atomic E-state index is 12.4. The second kappa shape index (κ2) is 7.29. The van der Waals surface area contributed by atoms with Gasteiger partial charge in [0.1, 0.15) is 0 Å². The third kappa shape index (κ3) is 3.73. The number of nitrogens with one attached hydrogen (secondary N) is 2. The Labute approximate surface area is 161 Å². The third-order valence-electron chi connectivity index (χ3n) is 4.64. The lowest BCUT2D eigenvalue weighted by atomic mass is 10.1. The van der Waals surface area contributed by atoms with Crippen LogP contribution in [0.5, 0.6) is 0 Å². The third-order valence-corrected chi connectivity index (χ3v) is 4.89. The molecule has 1 saturated heterocycles. The summed E-state index contributed by atoms with van der Waals surface area (Å²) in [5, 5.41) is 8.43. The Morgan fingerprint density at radius 2 is 1.74 bits per heavy atom. The molecule has 136 valence electrons. The molecule has 3 aromatic rings. The van der Waals surface area contributed by atoms with Crippen LogP contribution in [0.3, 0.4) is 0 Å². The van der Waals surface area contributed by atoms with Crippen LogP contribution in [-0.2, 0) is 4.79 Å². The fraction of sp³-hybridized carbons (Fsp3) is 0.143. The summed E-state index contributed by atoms with van der Waals surface area (Å²) in [6, 6.07) is 20.2. The van der Waals surface area contributed by atoms with Crippen molar-refractivity contribution in [3.05, 3.63) is 71.8 Å². The van der Waals surface area contributed by atoms with Gasteiger partial charge in [-0.3, -0.25) is 4.79 Å². The van der Waals surface area contributed by atoms with Gasteiger partial charge in [-0.05, 0) is 35.7 Å². The van der Waals surface area contributed by atoms with Crippen molar-refractivity contribution >= 4 is 45.7 Å². The van der Waals surface area contributed by atoms with Gasteiger partial charge >= 0.3 is 6.03 Å². The molecule has 1 aliphatic heterocycles. The van der Waals surface area contributed by atoms with Crippen LogP contribution in [-0.4, -0.2) is 24.5 Å². The number of anilines is 2. The highest BCUT2D eigenvalue weighted by Crippen LogP contribution is 2.25. The van der Waals surface area contributed by atoms with Crippen molar-refractivity contribution in [2.75, 3.05) is 16.8 Å². The normalized spacial score (nSPS) is 16.6. The summed E-state index contributed by atoms with van der Waals surface area (Å²) in [7, 11) is 0. The van der Waals surface area contributed by atoms with E-state index in [0.29, 0.717) is 11.6 Å². The number of amides is 3. The molecule has 0 aromatic heterocycles. The van der Waals surface area contributed by atoms with Crippen molar-refractivity contribution in [3.63, 3.8) is 0 Å². The zero-order chi connectivity index (χ0) is 18.8. The number of nitrogens with zero attached hydrogens (tertiary/aromatic N) is 1. The first-order valence-corrected chi connectivity index (χ1v) is 9.09. The van der Waals surface area contributed by atoms with Gasteiger partial charge in [0.15, 0.2) is 0 Å². The van der Waals surface area contributed by atoms with Crippen LogP contribution >= 0.6 is 11.6 Å². The van der Waals surface area contributed by atoms with E-state index in [1.807, 2.05) is 42.5 Å². The van der Waals surface area contributed by atoms with Gasteiger partial charge in [0, 0.05) is 29.1 Å². The second-order valence-corrected chi connectivity index (χ2v) is 6.94. The minimum absolute atomic E-state index is 0.0206. The van der Waals surface area contributed by atoms with Crippen LogP contribution in [0.25, 0.3) is 10.8 Å². The quantitative estimate of drug-likeness (QED) is 0.707. The van der Waals surface area contributed by atoms with Crippen molar-refractivity contribution in [2.24, 2.45) is 0 Å². The van der Waals surface area contributed by atoms with Crippen molar-refractivity contribution in [3.8, 4) is 0 Å². The van der Waals surface area contributed by atoms with Gasteiger partial charge in [-0.2, -0.15) is 0 Å². The lowest BCUT2D eigenvalue weighted by Gasteiger charge is -2.17. The Balaban J connectivity index is 1.43. The smallest absolute Gasteiger partial charge is 0.319 e. The Kier molecular flexibility index (Phi) is 4.69. The summed E-state index contributed by atoms with van der Waals surface area (Å²) in [6.07, 6.45) is 0.269. The molecule has 1 aliphatic rings. The van der Waals surface area contributed by atoms with Gasteiger partial charge in [0.2, 0.25) is 5.91 Å². The predicted octanol–water partition coefficient (Wildman–Crippen LogP) is 4.42. The van der Waals surface area contributed by atoms with E-state index >= 15 is 0 Å². The van der Waals surface area contributed by atoms with Crippen LogP contribution in [0, 0.1) is 0 Å². The van der Waals surface area contributed by atoms with Gasteiger partial charge in [0.25, 0.3) is 0 Å². The summed E-state index contributed by atoms with van der Waals surface area (Å²) in [5.41, 5.74) is 1.52. The number of fused-ring (bicyclic) bond motifs is 1. The van der Waals surface area contributed by atoms with Crippen molar-refractivity contribution in [1.29, 1.82) is 0 Å². The van der Waals surface area contributed by atoms with Crippen LogP contribution in [0.2, 0.25) is 5.02 Å². The zero-order valence-electron chi connectivity index (χ0n) is 14.5. The van der Waals surface area contributed by atoms with E-state index in [1.165, 1.54) is 0 Å². The van der Waals surface area contributed by atoms with Crippen LogP contribution < -0.4 is 15.5 Å². The molecule has 1 unspecified atom stereocenters. The lowest BCUT2D eigenvalue weighted by Crippen LogP contribution is -2.39. The summed E-state index contributed by atoms with van der Waals surface area (Å²) >= 11 is 5.90. The number of benzene rings is 3. The number of hydrogen-bond acceptors (Lipinski definition) is 2. The highest BCUT2D eigenvalue weighted by Gasteiger charge is 2.31. The lowest BCUT2D eigenvalue weighted by molar-refractivity contribution is -0.117. The molecule has 0 spiro atoms. The molecule has 1 fully saturated rings. The standard InChI is InChI=1S/C21H18ClN3O2/c22-15-8-10-17(11-9-15)25-13-16(12-20(25)26)23-21(27)24-19-7-3-5-14-4-1-2-6-18(14)19/h1-11,16H,12-13H2,(H2,23,24,27). The molecule has 3 amide bonds.